The number of amides is 1. The molecule has 2 aromatic rings. The van der Waals surface area contributed by atoms with Gasteiger partial charge in [0.05, 0.1) is 16.5 Å². The van der Waals surface area contributed by atoms with Gasteiger partial charge in [-0.15, -0.1) is 0 Å². The molecule has 3 rings (SSSR count). The number of carbonyl (C=O) groups excluding carboxylic acids is 1. The van der Waals surface area contributed by atoms with Crippen LogP contribution in [0.5, 0.6) is 0 Å². The van der Waals surface area contributed by atoms with Crippen LogP contribution in [0, 0.1) is 26.7 Å². The van der Waals surface area contributed by atoms with Crippen LogP contribution in [0.1, 0.15) is 42.4 Å². The van der Waals surface area contributed by atoms with Crippen LogP contribution in [-0.2, 0) is 14.8 Å². The van der Waals surface area contributed by atoms with Crippen molar-refractivity contribution in [3.8, 4) is 0 Å². The second-order valence-electron chi connectivity index (χ2n) is 7.52. The molecule has 8 heteroatoms. The minimum absolute atomic E-state index is 0.153. The van der Waals surface area contributed by atoms with Crippen LogP contribution in [0.2, 0.25) is 0 Å². The fraction of sp³-hybridized carbons (Fsp3) is 0.429. The van der Waals surface area contributed by atoms with Crippen LogP contribution in [-0.4, -0.2) is 37.4 Å². The number of hydrogen-bond donors (Lipinski definition) is 1. The molecule has 0 radical (unpaired) electrons. The lowest BCUT2D eigenvalue weighted by atomic mass is 9.99. The van der Waals surface area contributed by atoms with E-state index in [1.165, 1.54) is 4.31 Å². The summed E-state index contributed by atoms with van der Waals surface area (Å²) in [7, 11) is -3.62. The predicted molar refractivity (Wildman–Crippen MR) is 111 cm³/mol. The maximum atomic E-state index is 12.9. The number of piperidine rings is 1. The summed E-state index contributed by atoms with van der Waals surface area (Å²) in [6, 6.07) is 8.64. The molecule has 0 spiro atoms. The molecule has 156 valence electrons. The van der Waals surface area contributed by atoms with E-state index < -0.39 is 15.9 Å². The van der Waals surface area contributed by atoms with Gasteiger partial charge in [0.15, 0.2) is 0 Å². The van der Waals surface area contributed by atoms with Crippen molar-refractivity contribution >= 4 is 21.6 Å². The van der Waals surface area contributed by atoms with E-state index in [1.807, 2.05) is 26.8 Å². The first-order valence-electron chi connectivity index (χ1n) is 9.67. The Balaban J connectivity index is 1.68. The summed E-state index contributed by atoms with van der Waals surface area (Å²) in [5, 5.41) is 4.19. The average molecular weight is 418 g/mol. The number of sulfonamides is 1. The molecule has 0 bridgehead atoms. The first-order chi connectivity index (χ1) is 13.7. The smallest absolute Gasteiger partial charge is 0.244 e. The molecule has 1 aliphatic heterocycles. The van der Waals surface area contributed by atoms with E-state index in [1.54, 1.807) is 31.2 Å². The Labute approximate surface area is 171 Å². The van der Waals surface area contributed by atoms with Gasteiger partial charge in [-0.05, 0) is 58.7 Å². The Hall–Kier alpha value is -2.45. The summed E-state index contributed by atoms with van der Waals surface area (Å²) in [4.78, 5) is 12.9. The summed E-state index contributed by atoms with van der Waals surface area (Å²) in [5.41, 5.74) is 5.08. The molecule has 1 saturated heterocycles. The molecule has 29 heavy (non-hydrogen) atoms. The Bertz CT molecular complexity index is 1020. The number of aryl methyl sites for hydroxylation is 3. The normalized spacial score (nSPS) is 18.6. The van der Waals surface area contributed by atoms with Gasteiger partial charge in [0.25, 0.3) is 0 Å². The summed E-state index contributed by atoms with van der Waals surface area (Å²) in [6.07, 6.45) is 1.26. The molecule has 1 N–H and O–H groups in total. The molecule has 7 nitrogen and oxygen atoms in total. The number of nitrogens with zero attached hydrogens (tertiary/aromatic N) is 2. The highest BCUT2D eigenvalue weighted by atomic mass is 32.2. The number of hydrazone groups is 1. The average Bonchev–Trinajstić information content (AvgIpc) is 3.04. The van der Waals surface area contributed by atoms with Gasteiger partial charge in [-0.1, -0.05) is 17.7 Å². The molecule has 1 aliphatic rings. The summed E-state index contributed by atoms with van der Waals surface area (Å²) < 4.78 is 32.7. The molecule has 1 aromatic carbocycles. The highest BCUT2D eigenvalue weighted by Gasteiger charge is 2.33. The molecular formula is C21H27N3O4S. The van der Waals surface area contributed by atoms with Crippen molar-refractivity contribution in [2.45, 2.75) is 45.4 Å². The first kappa shape index (κ1) is 21.3. The molecule has 0 saturated carbocycles. The van der Waals surface area contributed by atoms with Crippen LogP contribution in [0.15, 0.2) is 44.7 Å². The van der Waals surface area contributed by atoms with Crippen molar-refractivity contribution < 1.29 is 17.6 Å². The van der Waals surface area contributed by atoms with Crippen LogP contribution in [0.4, 0.5) is 0 Å². The predicted octanol–water partition coefficient (Wildman–Crippen LogP) is 3.15. The summed E-state index contributed by atoms with van der Waals surface area (Å²) in [6.45, 7) is 7.97. The minimum Gasteiger partial charge on any atom is -0.466 e. The quantitative estimate of drug-likeness (QED) is 0.598. The van der Waals surface area contributed by atoms with E-state index >= 15 is 0 Å². The van der Waals surface area contributed by atoms with Gasteiger partial charge in [0.2, 0.25) is 15.9 Å². The number of carbonyl (C=O) groups is 1. The zero-order valence-electron chi connectivity index (χ0n) is 17.2. The Kier molecular flexibility index (Phi) is 6.24. The van der Waals surface area contributed by atoms with Crippen LogP contribution in [0.3, 0.4) is 0 Å². The zero-order valence-corrected chi connectivity index (χ0v) is 18.0. The molecule has 1 fully saturated rings. The monoisotopic (exact) mass is 417 g/mol. The van der Waals surface area contributed by atoms with E-state index in [0.717, 1.165) is 22.6 Å². The number of nitrogens with one attached hydrogen (secondary N) is 1. The summed E-state index contributed by atoms with van der Waals surface area (Å²) >= 11 is 0. The van der Waals surface area contributed by atoms with Crippen molar-refractivity contribution in [1.82, 2.24) is 9.73 Å². The van der Waals surface area contributed by atoms with Crippen LogP contribution in [0.25, 0.3) is 0 Å². The van der Waals surface area contributed by atoms with Crippen molar-refractivity contribution in [2.24, 2.45) is 11.0 Å². The standard InChI is InChI=1S/C21H27N3O4S/c1-14-7-9-19(10-8-14)29(26,27)24-11-5-6-18(13-24)21(25)23-22-16(3)20-12-15(2)28-17(20)4/h7-10,12,18H,5-6,11,13H2,1-4H3,(H,23,25)/b22-16-/t18-/m1/s1. The fourth-order valence-corrected chi connectivity index (χ4v) is 5.04. The van der Waals surface area contributed by atoms with E-state index in [4.69, 9.17) is 4.42 Å². The van der Waals surface area contributed by atoms with Gasteiger partial charge >= 0.3 is 0 Å². The van der Waals surface area contributed by atoms with E-state index in [9.17, 15) is 13.2 Å². The number of furan rings is 1. The lowest BCUT2D eigenvalue weighted by Gasteiger charge is -2.30. The first-order valence-corrected chi connectivity index (χ1v) is 11.1. The lowest BCUT2D eigenvalue weighted by molar-refractivity contribution is -0.126. The SMILES string of the molecule is C/C(=N/NC(=O)[C@@H]1CCCN(S(=O)(=O)c2ccc(C)cc2)C1)c1cc(C)oc1C. The van der Waals surface area contributed by atoms with Gasteiger partial charge in [0.1, 0.15) is 11.5 Å². The largest absolute Gasteiger partial charge is 0.466 e. The number of rotatable bonds is 5. The van der Waals surface area contributed by atoms with Crippen LogP contribution >= 0.6 is 0 Å². The maximum absolute atomic E-state index is 12.9. The van der Waals surface area contributed by atoms with Crippen molar-refractivity contribution in [3.05, 3.63) is 53.0 Å². The second kappa shape index (κ2) is 8.51. The van der Waals surface area contributed by atoms with Gasteiger partial charge in [-0.2, -0.15) is 9.41 Å². The summed E-state index contributed by atoms with van der Waals surface area (Å²) in [5.74, 6) is 0.812. The van der Waals surface area contributed by atoms with Crippen molar-refractivity contribution in [1.29, 1.82) is 0 Å². The van der Waals surface area contributed by atoms with E-state index in [2.05, 4.69) is 10.5 Å². The van der Waals surface area contributed by atoms with Gasteiger partial charge in [0, 0.05) is 18.7 Å². The molecular weight excluding hydrogens is 390 g/mol. The third-order valence-electron chi connectivity index (χ3n) is 5.18. The van der Waals surface area contributed by atoms with Gasteiger partial charge in [-0.25, -0.2) is 13.8 Å². The third-order valence-corrected chi connectivity index (χ3v) is 7.06. The molecule has 2 heterocycles. The maximum Gasteiger partial charge on any atom is 0.244 e. The third kappa shape index (κ3) is 4.76. The Morgan fingerprint density at radius 1 is 1.21 bits per heavy atom. The fourth-order valence-electron chi connectivity index (χ4n) is 3.51. The van der Waals surface area contributed by atoms with Gasteiger partial charge < -0.3 is 4.42 Å². The Morgan fingerprint density at radius 3 is 2.52 bits per heavy atom. The van der Waals surface area contributed by atoms with Crippen LogP contribution < -0.4 is 5.43 Å². The zero-order chi connectivity index (χ0) is 21.2. The highest BCUT2D eigenvalue weighted by Crippen LogP contribution is 2.24. The number of benzene rings is 1. The van der Waals surface area contributed by atoms with E-state index in [0.29, 0.717) is 25.1 Å². The van der Waals surface area contributed by atoms with Gasteiger partial charge in [-0.3, -0.25) is 4.79 Å². The number of hydrogen-bond acceptors (Lipinski definition) is 5. The molecule has 1 amide bonds. The minimum atomic E-state index is -3.62. The highest BCUT2D eigenvalue weighted by molar-refractivity contribution is 7.89. The molecule has 1 atom stereocenters. The second-order valence-corrected chi connectivity index (χ2v) is 9.45. The van der Waals surface area contributed by atoms with Crippen molar-refractivity contribution in [3.63, 3.8) is 0 Å². The van der Waals surface area contributed by atoms with E-state index in [-0.39, 0.29) is 17.3 Å². The molecule has 0 unspecified atom stereocenters. The molecule has 0 aliphatic carbocycles. The molecule has 1 aromatic heterocycles. The Morgan fingerprint density at radius 2 is 1.90 bits per heavy atom. The topological polar surface area (TPSA) is 92.0 Å². The van der Waals surface area contributed by atoms with Crippen molar-refractivity contribution in [2.75, 3.05) is 13.1 Å². The lowest BCUT2D eigenvalue weighted by Crippen LogP contribution is -2.44.